The number of ether oxygens (including phenoxy) is 2. The zero-order chi connectivity index (χ0) is 14.7. The number of hydrogen-bond donors (Lipinski definition) is 1. The number of hydrogen-bond acceptors (Lipinski definition) is 4. The number of benzene rings is 1. The fourth-order valence-electron chi connectivity index (χ4n) is 2.31. The van der Waals surface area contributed by atoms with Gasteiger partial charge in [0.25, 0.3) is 0 Å². The maximum Gasteiger partial charge on any atom is 0.179 e. The Bertz CT molecular complexity index is 601. The summed E-state index contributed by atoms with van der Waals surface area (Å²) in [7, 11) is 0. The molecule has 0 bridgehead atoms. The van der Waals surface area contributed by atoms with Crippen LogP contribution in [-0.4, -0.2) is 29.0 Å². The van der Waals surface area contributed by atoms with Crippen molar-refractivity contribution in [3.8, 4) is 11.5 Å². The number of rotatable bonds is 5. The Balaban J connectivity index is 1.61. The zero-order valence-corrected chi connectivity index (χ0v) is 12.6. The molecule has 3 rings (SSSR count). The maximum atomic E-state index is 6.23. The lowest BCUT2D eigenvalue weighted by atomic mass is 10.1. The summed E-state index contributed by atoms with van der Waals surface area (Å²) >= 11 is 6.23. The topological polar surface area (TPSA) is 48.3 Å². The van der Waals surface area contributed by atoms with Gasteiger partial charge in [-0.25, -0.2) is 0 Å². The maximum absolute atomic E-state index is 6.23. The minimum absolute atomic E-state index is 0.303. The molecule has 6 heteroatoms. The van der Waals surface area contributed by atoms with E-state index in [1.807, 2.05) is 29.1 Å². The first-order valence-corrected chi connectivity index (χ1v) is 7.39. The Morgan fingerprint density at radius 3 is 3.05 bits per heavy atom. The highest BCUT2D eigenvalue weighted by molar-refractivity contribution is 6.32. The fraction of sp³-hybridized carbons (Fsp3) is 0.400. The second-order valence-electron chi connectivity index (χ2n) is 5.11. The zero-order valence-electron chi connectivity index (χ0n) is 11.9. The highest BCUT2D eigenvalue weighted by Gasteiger charge is 2.16. The van der Waals surface area contributed by atoms with Gasteiger partial charge in [0.1, 0.15) is 13.2 Å². The summed E-state index contributed by atoms with van der Waals surface area (Å²) in [6.07, 6.45) is 3.74. The van der Waals surface area contributed by atoms with E-state index in [9.17, 15) is 0 Å². The van der Waals surface area contributed by atoms with Crippen LogP contribution >= 0.6 is 11.6 Å². The van der Waals surface area contributed by atoms with Crippen LogP contribution in [0.4, 0.5) is 0 Å². The minimum Gasteiger partial charge on any atom is -0.486 e. The first-order valence-electron chi connectivity index (χ1n) is 7.01. The Morgan fingerprint density at radius 1 is 1.38 bits per heavy atom. The number of nitrogens with zero attached hydrogens (tertiary/aromatic N) is 2. The third-order valence-electron chi connectivity index (χ3n) is 3.33. The average Bonchev–Trinajstić information content (AvgIpc) is 2.98. The van der Waals surface area contributed by atoms with Crippen LogP contribution < -0.4 is 14.8 Å². The Labute approximate surface area is 128 Å². The van der Waals surface area contributed by atoms with Gasteiger partial charge in [-0.1, -0.05) is 11.6 Å². The molecule has 2 aromatic rings. The van der Waals surface area contributed by atoms with Crippen molar-refractivity contribution in [2.75, 3.05) is 13.2 Å². The molecule has 0 saturated heterocycles. The molecule has 0 spiro atoms. The van der Waals surface area contributed by atoms with Gasteiger partial charge < -0.3 is 14.8 Å². The quantitative estimate of drug-likeness (QED) is 0.922. The van der Waals surface area contributed by atoms with E-state index in [2.05, 4.69) is 17.3 Å². The summed E-state index contributed by atoms with van der Waals surface area (Å²) in [5, 5.41) is 8.26. The third-order valence-corrected chi connectivity index (χ3v) is 3.61. The Morgan fingerprint density at radius 2 is 2.24 bits per heavy atom. The molecule has 0 aliphatic carbocycles. The summed E-state index contributed by atoms with van der Waals surface area (Å²) in [6.45, 7) is 4.78. The van der Waals surface area contributed by atoms with Gasteiger partial charge in [-0.05, 0) is 30.7 Å². The van der Waals surface area contributed by atoms with Gasteiger partial charge in [-0.3, -0.25) is 4.68 Å². The Hall–Kier alpha value is -1.72. The van der Waals surface area contributed by atoms with E-state index in [4.69, 9.17) is 21.1 Å². The monoisotopic (exact) mass is 307 g/mol. The summed E-state index contributed by atoms with van der Waals surface area (Å²) in [5.74, 6) is 1.38. The second-order valence-corrected chi connectivity index (χ2v) is 5.52. The van der Waals surface area contributed by atoms with Crippen molar-refractivity contribution in [3.63, 3.8) is 0 Å². The van der Waals surface area contributed by atoms with Crippen LogP contribution in [0.25, 0.3) is 0 Å². The normalized spacial score (nSPS) is 15.0. The van der Waals surface area contributed by atoms with E-state index in [-0.39, 0.29) is 0 Å². The van der Waals surface area contributed by atoms with Gasteiger partial charge in [0.05, 0.1) is 11.6 Å². The van der Waals surface area contributed by atoms with Gasteiger partial charge >= 0.3 is 0 Å². The van der Waals surface area contributed by atoms with Crippen LogP contribution in [0.1, 0.15) is 12.5 Å². The lowest BCUT2D eigenvalue weighted by molar-refractivity contribution is 0.171. The average molecular weight is 308 g/mol. The van der Waals surface area contributed by atoms with E-state index in [0.717, 1.165) is 24.4 Å². The van der Waals surface area contributed by atoms with Crippen LogP contribution in [0.3, 0.4) is 0 Å². The number of nitrogens with one attached hydrogen (secondary N) is 1. The highest BCUT2D eigenvalue weighted by Crippen LogP contribution is 2.38. The van der Waals surface area contributed by atoms with E-state index in [1.165, 1.54) is 0 Å². The molecule has 2 heterocycles. The van der Waals surface area contributed by atoms with Gasteiger partial charge in [-0.15, -0.1) is 0 Å². The van der Waals surface area contributed by atoms with Crippen LogP contribution in [-0.2, 0) is 13.1 Å². The first-order chi connectivity index (χ1) is 10.2. The molecular formula is C15H18ClN3O2. The molecule has 1 aliphatic rings. The SMILES string of the molecule is C[C@H](Cn1cccn1)NCc1cc(Cl)c2c(c1)OCCO2. The largest absolute Gasteiger partial charge is 0.486 e. The molecule has 0 radical (unpaired) electrons. The van der Waals surface area contributed by atoms with Crippen molar-refractivity contribution in [1.29, 1.82) is 0 Å². The Kier molecular flexibility index (Phi) is 4.31. The summed E-state index contributed by atoms with van der Waals surface area (Å²) in [6, 6.07) is 6.13. The lowest BCUT2D eigenvalue weighted by Crippen LogP contribution is -2.30. The van der Waals surface area contributed by atoms with Crippen molar-refractivity contribution in [3.05, 3.63) is 41.2 Å². The van der Waals surface area contributed by atoms with Crippen LogP contribution in [0.5, 0.6) is 11.5 Å². The molecule has 1 aromatic carbocycles. The molecular weight excluding hydrogens is 290 g/mol. The number of halogens is 1. The van der Waals surface area contributed by atoms with E-state index in [0.29, 0.717) is 30.0 Å². The standard InChI is InChI=1S/C15H18ClN3O2/c1-11(10-19-4-2-3-18-19)17-9-12-7-13(16)15-14(8-12)20-5-6-21-15/h2-4,7-8,11,17H,5-6,9-10H2,1H3/t11-/m1/s1. The van der Waals surface area contributed by atoms with Crippen LogP contribution in [0.2, 0.25) is 5.02 Å². The van der Waals surface area contributed by atoms with E-state index in [1.54, 1.807) is 6.20 Å². The number of fused-ring (bicyclic) bond motifs is 1. The molecule has 1 atom stereocenters. The van der Waals surface area contributed by atoms with Crippen LogP contribution in [0.15, 0.2) is 30.6 Å². The number of aromatic nitrogens is 2. The predicted molar refractivity (Wildman–Crippen MR) is 81.0 cm³/mol. The van der Waals surface area contributed by atoms with Crippen molar-refractivity contribution >= 4 is 11.6 Å². The third kappa shape index (κ3) is 3.49. The molecule has 0 amide bonds. The molecule has 1 N–H and O–H groups in total. The van der Waals surface area contributed by atoms with Crippen molar-refractivity contribution in [2.45, 2.75) is 26.1 Å². The molecule has 21 heavy (non-hydrogen) atoms. The second kappa shape index (κ2) is 6.37. The van der Waals surface area contributed by atoms with Crippen molar-refractivity contribution in [2.24, 2.45) is 0 Å². The van der Waals surface area contributed by atoms with E-state index >= 15 is 0 Å². The first kappa shape index (κ1) is 14.2. The lowest BCUT2D eigenvalue weighted by Gasteiger charge is -2.21. The highest BCUT2D eigenvalue weighted by atomic mass is 35.5. The predicted octanol–water partition coefficient (Wildman–Crippen LogP) is 2.49. The van der Waals surface area contributed by atoms with Gasteiger partial charge in [0.2, 0.25) is 0 Å². The van der Waals surface area contributed by atoms with Gasteiger partial charge in [-0.2, -0.15) is 5.10 Å². The molecule has 1 aromatic heterocycles. The summed E-state index contributed by atoms with van der Waals surface area (Å²) in [5.41, 5.74) is 1.08. The van der Waals surface area contributed by atoms with Crippen LogP contribution in [0, 0.1) is 0 Å². The van der Waals surface area contributed by atoms with Gasteiger partial charge in [0, 0.05) is 25.0 Å². The molecule has 0 unspecified atom stereocenters. The smallest absolute Gasteiger partial charge is 0.179 e. The van der Waals surface area contributed by atoms with Crippen molar-refractivity contribution in [1.82, 2.24) is 15.1 Å². The summed E-state index contributed by atoms with van der Waals surface area (Å²) < 4.78 is 13.0. The fourth-order valence-corrected chi connectivity index (χ4v) is 2.60. The molecule has 0 saturated carbocycles. The molecule has 1 aliphatic heterocycles. The molecule has 112 valence electrons. The summed E-state index contributed by atoms with van der Waals surface area (Å²) in [4.78, 5) is 0. The minimum atomic E-state index is 0.303. The molecule has 0 fully saturated rings. The van der Waals surface area contributed by atoms with E-state index < -0.39 is 0 Å². The van der Waals surface area contributed by atoms with Crippen molar-refractivity contribution < 1.29 is 9.47 Å². The van der Waals surface area contributed by atoms with Gasteiger partial charge in [0.15, 0.2) is 11.5 Å². The molecule has 5 nitrogen and oxygen atoms in total.